The van der Waals surface area contributed by atoms with Gasteiger partial charge in [0.2, 0.25) is 0 Å². The third-order valence-electron chi connectivity index (χ3n) is 3.37. The van der Waals surface area contributed by atoms with Crippen LogP contribution in [-0.2, 0) is 0 Å². The third-order valence-corrected chi connectivity index (χ3v) is 3.37. The summed E-state index contributed by atoms with van der Waals surface area (Å²) in [6.45, 7) is 2.09. The summed E-state index contributed by atoms with van der Waals surface area (Å²) >= 11 is 0. The fourth-order valence-corrected chi connectivity index (χ4v) is 2.19. The van der Waals surface area contributed by atoms with Crippen molar-refractivity contribution in [3.05, 3.63) is 30.1 Å². The van der Waals surface area contributed by atoms with E-state index in [2.05, 4.69) is 39.9 Å². The Balaban J connectivity index is 1.82. The Morgan fingerprint density at radius 1 is 1.39 bits per heavy atom. The van der Waals surface area contributed by atoms with Crippen LogP contribution in [0.3, 0.4) is 0 Å². The molecule has 1 aromatic carbocycles. The van der Waals surface area contributed by atoms with Crippen LogP contribution < -0.4 is 11.1 Å². The van der Waals surface area contributed by atoms with Gasteiger partial charge < -0.3 is 11.1 Å². The van der Waals surface area contributed by atoms with Gasteiger partial charge in [-0.05, 0) is 47.9 Å². The zero-order valence-corrected chi connectivity index (χ0v) is 10.2. The second kappa shape index (κ2) is 4.38. The lowest BCUT2D eigenvalue weighted by molar-refractivity contribution is 0.373. The van der Waals surface area contributed by atoms with Gasteiger partial charge in [-0.3, -0.25) is 0 Å². The number of benzene rings is 1. The van der Waals surface area contributed by atoms with Gasteiger partial charge in [0.15, 0.2) is 0 Å². The lowest BCUT2D eigenvalue weighted by Gasteiger charge is -2.34. The van der Waals surface area contributed by atoms with E-state index in [1.165, 1.54) is 5.56 Å². The van der Waals surface area contributed by atoms with Crippen LogP contribution in [0, 0.1) is 6.92 Å². The van der Waals surface area contributed by atoms with E-state index >= 15 is 0 Å². The molecule has 0 atom stereocenters. The van der Waals surface area contributed by atoms with E-state index in [1.54, 1.807) is 11.0 Å². The zero-order valence-electron chi connectivity index (χ0n) is 10.2. The second-order valence-electron chi connectivity index (χ2n) is 4.83. The molecule has 3 rings (SSSR count). The summed E-state index contributed by atoms with van der Waals surface area (Å²) < 4.78 is 1.65. The van der Waals surface area contributed by atoms with E-state index in [0.29, 0.717) is 12.1 Å². The molecule has 2 aromatic rings. The molecule has 0 amide bonds. The normalized spacial score (nSPS) is 22.6. The number of hydrogen-bond donors (Lipinski definition) is 2. The number of nitrogens with zero attached hydrogens (tertiary/aromatic N) is 4. The van der Waals surface area contributed by atoms with Crippen LogP contribution in [0.4, 0.5) is 5.69 Å². The van der Waals surface area contributed by atoms with E-state index in [9.17, 15) is 0 Å². The van der Waals surface area contributed by atoms with Crippen molar-refractivity contribution in [3.8, 4) is 5.69 Å². The maximum atomic E-state index is 5.80. The number of tetrazole rings is 1. The Morgan fingerprint density at radius 3 is 2.89 bits per heavy atom. The Labute approximate surface area is 105 Å². The zero-order chi connectivity index (χ0) is 12.5. The predicted octanol–water partition coefficient (Wildman–Crippen LogP) is 0.872. The largest absolute Gasteiger partial charge is 0.382 e. The van der Waals surface area contributed by atoms with Crippen molar-refractivity contribution in [3.63, 3.8) is 0 Å². The Kier molecular flexibility index (Phi) is 2.71. The molecule has 0 bridgehead atoms. The van der Waals surface area contributed by atoms with E-state index in [-0.39, 0.29) is 0 Å². The first-order valence-electron chi connectivity index (χ1n) is 6.08. The fourth-order valence-electron chi connectivity index (χ4n) is 2.19. The van der Waals surface area contributed by atoms with Gasteiger partial charge in [0, 0.05) is 17.8 Å². The molecule has 3 N–H and O–H groups in total. The SMILES string of the molecule is Cc1ccc(-n2cnnn2)cc1NC1CC(N)C1. The van der Waals surface area contributed by atoms with Gasteiger partial charge >= 0.3 is 0 Å². The quantitative estimate of drug-likeness (QED) is 0.837. The van der Waals surface area contributed by atoms with Crippen LogP contribution in [0.15, 0.2) is 24.5 Å². The Morgan fingerprint density at radius 2 is 2.22 bits per heavy atom. The van der Waals surface area contributed by atoms with Crippen LogP contribution in [0.1, 0.15) is 18.4 Å². The van der Waals surface area contributed by atoms with Crippen molar-refractivity contribution in [1.82, 2.24) is 20.2 Å². The number of nitrogens with two attached hydrogens (primary N) is 1. The van der Waals surface area contributed by atoms with Crippen molar-refractivity contribution in [2.45, 2.75) is 31.8 Å². The van der Waals surface area contributed by atoms with Gasteiger partial charge in [0.25, 0.3) is 0 Å². The lowest BCUT2D eigenvalue weighted by Crippen LogP contribution is -2.44. The standard InChI is InChI=1S/C12H16N6/c1-8-2-3-11(18-7-14-16-17-18)6-12(8)15-10-4-9(13)5-10/h2-3,6-7,9-10,15H,4-5,13H2,1H3. The van der Waals surface area contributed by atoms with Crippen LogP contribution in [0.2, 0.25) is 0 Å². The molecule has 1 saturated carbocycles. The van der Waals surface area contributed by atoms with Crippen LogP contribution >= 0.6 is 0 Å². The van der Waals surface area contributed by atoms with Crippen molar-refractivity contribution in [2.24, 2.45) is 5.73 Å². The molecule has 6 heteroatoms. The first kappa shape index (κ1) is 11.2. The summed E-state index contributed by atoms with van der Waals surface area (Å²) in [5, 5.41) is 14.7. The second-order valence-corrected chi connectivity index (χ2v) is 4.83. The van der Waals surface area contributed by atoms with Gasteiger partial charge in [0.05, 0.1) is 5.69 Å². The monoisotopic (exact) mass is 244 g/mol. The minimum absolute atomic E-state index is 0.352. The predicted molar refractivity (Wildman–Crippen MR) is 68.5 cm³/mol. The summed E-state index contributed by atoms with van der Waals surface area (Å²) in [6, 6.07) is 6.98. The number of aromatic nitrogens is 4. The van der Waals surface area contributed by atoms with E-state index in [1.807, 2.05) is 6.07 Å². The molecule has 1 fully saturated rings. The molecule has 0 unspecified atom stereocenters. The highest BCUT2D eigenvalue weighted by atomic mass is 15.5. The number of nitrogens with one attached hydrogen (secondary N) is 1. The molecular formula is C12H16N6. The molecule has 1 aliphatic carbocycles. The highest BCUT2D eigenvalue weighted by Gasteiger charge is 2.25. The molecule has 0 aliphatic heterocycles. The number of rotatable bonds is 3. The van der Waals surface area contributed by atoms with Gasteiger partial charge in [-0.15, -0.1) is 5.10 Å². The summed E-state index contributed by atoms with van der Waals surface area (Å²) in [5.74, 6) is 0. The van der Waals surface area contributed by atoms with Gasteiger partial charge in [-0.25, -0.2) is 4.68 Å². The number of hydrogen-bond acceptors (Lipinski definition) is 5. The molecule has 1 aliphatic rings. The number of anilines is 1. The van der Waals surface area contributed by atoms with Crippen LogP contribution in [-0.4, -0.2) is 32.3 Å². The van der Waals surface area contributed by atoms with Crippen LogP contribution in [0.5, 0.6) is 0 Å². The topological polar surface area (TPSA) is 81.7 Å². The maximum absolute atomic E-state index is 5.80. The summed E-state index contributed by atoms with van der Waals surface area (Å²) in [5.41, 5.74) is 9.09. The van der Waals surface area contributed by atoms with Crippen molar-refractivity contribution in [1.29, 1.82) is 0 Å². The van der Waals surface area contributed by atoms with Gasteiger partial charge in [-0.1, -0.05) is 6.07 Å². The Hall–Kier alpha value is -1.95. The molecule has 6 nitrogen and oxygen atoms in total. The highest BCUT2D eigenvalue weighted by Crippen LogP contribution is 2.26. The first-order chi connectivity index (χ1) is 8.72. The minimum atomic E-state index is 0.352. The molecule has 0 saturated heterocycles. The van der Waals surface area contributed by atoms with Crippen molar-refractivity contribution in [2.75, 3.05) is 5.32 Å². The molecule has 18 heavy (non-hydrogen) atoms. The minimum Gasteiger partial charge on any atom is -0.382 e. The fraction of sp³-hybridized carbons (Fsp3) is 0.417. The average Bonchev–Trinajstić information content (AvgIpc) is 2.83. The molecule has 1 aromatic heterocycles. The first-order valence-corrected chi connectivity index (χ1v) is 6.08. The molecule has 0 radical (unpaired) electrons. The molecule has 94 valence electrons. The summed E-state index contributed by atoms with van der Waals surface area (Å²) in [4.78, 5) is 0. The lowest BCUT2D eigenvalue weighted by atomic mass is 9.87. The maximum Gasteiger partial charge on any atom is 0.143 e. The average molecular weight is 244 g/mol. The van der Waals surface area contributed by atoms with Gasteiger partial charge in [0.1, 0.15) is 6.33 Å². The van der Waals surface area contributed by atoms with E-state index in [4.69, 9.17) is 5.73 Å². The number of aryl methyl sites for hydroxylation is 1. The van der Waals surface area contributed by atoms with E-state index in [0.717, 1.165) is 24.2 Å². The summed E-state index contributed by atoms with van der Waals surface area (Å²) in [6.07, 6.45) is 3.66. The van der Waals surface area contributed by atoms with Crippen molar-refractivity contribution < 1.29 is 0 Å². The molecule has 0 spiro atoms. The Bertz CT molecular complexity index is 530. The van der Waals surface area contributed by atoms with E-state index < -0.39 is 0 Å². The molecule has 1 heterocycles. The molecular weight excluding hydrogens is 228 g/mol. The highest BCUT2D eigenvalue weighted by molar-refractivity contribution is 5.57. The smallest absolute Gasteiger partial charge is 0.143 e. The van der Waals surface area contributed by atoms with Gasteiger partial charge in [-0.2, -0.15) is 0 Å². The van der Waals surface area contributed by atoms with Crippen molar-refractivity contribution >= 4 is 5.69 Å². The summed E-state index contributed by atoms with van der Waals surface area (Å²) in [7, 11) is 0. The van der Waals surface area contributed by atoms with Crippen LogP contribution in [0.25, 0.3) is 5.69 Å². The third kappa shape index (κ3) is 2.06.